The van der Waals surface area contributed by atoms with Crippen LogP contribution >= 0.6 is 34.8 Å². The fourth-order valence-corrected chi connectivity index (χ4v) is 3.72. The molecule has 1 rings (SSSR count). The van der Waals surface area contributed by atoms with Crippen molar-refractivity contribution in [2.45, 2.75) is 84.2 Å². The van der Waals surface area contributed by atoms with Crippen LogP contribution in [0.1, 0.15) is 83.1 Å². The summed E-state index contributed by atoms with van der Waals surface area (Å²) >= 11 is 18.0. The zero-order chi connectivity index (χ0) is 21.5. The van der Waals surface area contributed by atoms with Gasteiger partial charge < -0.3 is 9.47 Å². The van der Waals surface area contributed by atoms with Crippen LogP contribution in [0.15, 0.2) is 12.1 Å². The number of rotatable bonds is 15. The third-order valence-electron chi connectivity index (χ3n) is 4.51. The average Bonchev–Trinajstić information content (AvgIpc) is 2.66. The highest BCUT2D eigenvalue weighted by Gasteiger charge is 2.11. The van der Waals surface area contributed by atoms with E-state index in [1.165, 1.54) is 0 Å². The smallest absolute Gasteiger partial charge is 0.306 e. The van der Waals surface area contributed by atoms with Gasteiger partial charge in [0.1, 0.15) is 6.61 Å². The topological polar surface area (TPSA) is 52.6 Å². The molecule has 0 aromatic heterocycles. The van der Waals surface area contributed by atoms with E-state index in [-0.39, 0.29) is 18.5 Å². The highest BCUT2D eigenvalue weighted by atomic mass is 35.5. The summed E-state index contributed by atoms with van der Waals surface area (Å²) in [7, 11) is 0. The van der Waals surface area contributed by atoms with E-state index in [1.807, 2.05) is 0 Å². The van der Waals surface area contributed by atoms with Crippen molar-refractivity contribution in [2.75, 3.05) is 6.61 Å². The van der Waals surface area contributed by atoms with Crippen LogP contribution in [0.2, 0.25) is 15.1 Å². The second-order valence-corrected chi connectivity index (χ2v) is 8.31. The summed E-state index contributed by atoms with van der Waals surface area (Å²) < 4.78 is 10.4. The number of hydrogen-bond donors (Lipinski definition) is 0. The Morgan fingerprint density at radius 2 is 1.28 bits per heavy atom. The van der Waals surface area contributed by atoms with Crippen LogP contribution in [-0.2, 0) is 25.7 Å². The second kappa shape index (κ2) is 15.8. The Morgan fingerprint density at radius 3 is 1.83 bits per heavy atom. The number of ether oxygens (including phenoxy) is 2. The molecule has 0 aliphatic heterocycles. The van der Waals surface area contributed by atoms with Gasteiger partial charge in [0.2, 0.25) is 0 Å². The third kappa shape index (κ3) is 12.3. The van der Waals surface area contributed by atoms with Crippen molar-refractivity contribution in [3.63, 3.8) is 0 Å². The van der Waals surface area contributed by atoms with Gasteiger partial charge in [0.25, 0.3) is 0 Å². The standard InChI is InChI=1S/C22H31Cl3O4/c1-2-3-10-13-28-21(26)11-8-6-4-5-7-9-12-22(27)29-16-18-19(24)14-17(23)15-20(18)25/h14-15H,2-13,16H2,1H3. The van der Waals surface area contributed by atoms with E-state index in [0.717, 1.165) is 57.8 Å². The highest BCUT2D eigenvalue weighted by Crippen LogP contribution is 2.29. The van der Waals surface area contributed by atoms with Gasteiger partial charge in [-0.2, -0.15) is 0 Å². The molecule has 0 aliphatic carbocycles. The fourth-order valence-electron chi connectivity index (χ4n) is 2.79. The first kappa shape index (κ1) is 26.1. The zero-order valence-electron chi connectivity index (χ0n) is 17.1. The third-order valence-corrected chi connectivity index (χ3v) is 5.40. The molecule has 0 amide bonds. The molecule has 1 aromatic carbocycles. The molecular weight excluding hydrogens is 435 g/mol. The Bertz CT molecular complexity index is 611. The molecule has 0 saturated carbocycles. The largest absolute Gasteiger partial charge is 0.466 e. The van der Waals surface area contributed by atoms with Gasteiger partial charge in [-0.1, -0.05) is 80.3 Å². The Labute approximate surface area is 189 Å². The van der Waals surface area contributed by atoms with Crippen molar-refractivity contribution in [1.82, 2.24) is 0 Å². The van der Waals surface area contributed by atoms with Crippen molar-refractivity contribution in [3.05, 3.63) is 32.8 Å². The van der Waals surface area contributed by atoms with Crippen LogP contribution in [-0.4, -0.2) is 18.5 Å². The molecule has 1 aromatic rings. The lowest BCUT2D eigenvalue weighted by atomic mass is 10.1. The van der Waals surface area contributed by atoms with Crippen LogP contribution in [0.3, 0.4) is 0 Å². The van der Waals surface area contributed by atoms with Crippen LogP contribution in [0.25, 0.3) is 0 Å². The zero-order valence-corrected chi connectivity index (χ0v) is 19.4. The van der Waals surface area contributed by atoms with Crippen molar-refractivity contribution >= 4 is 46.7 Å². The summed E-state index contributed by atoms with van der Waals surface area (Å²) in [6.07, 6.45) is 9.72. The van der Waals surface area contributed by atoms with Gasteiger partial charge in [-0.15, -0.1) is 0 Å². The molecule has 4 nitrogen and oxygen atoms in total. The molecular formula is C22H31Cl3O4. The molecule has 0 N–H and O–H groups in total. The maximum Gasteiger partial charge on any atom is 0.306 e. The summed E-state index contributed by atoms with van der Waals surface area (Å²) in [6.45, 7) is 2.71. The lowest BCUT2D eigenvalue weighted by Gasteiger charge is -2.09. The van der Waals surface area contributed by atoms with E-state index in [9.17, 15) is 9.59 Å². The minimum absolute atomic E-state index is 0.0439. The number of carbonyl (C=O) groups is 2. The summed E-state index contributed by atoms with van der Waals surface area (Å²) in [5.74, 6) is -0.359. The molecule has 7 heteroatoms. The number of benzene rings is 1. The molecule has 164 valence electrons. The molecule has 0 fully saturated rings. The number of hydrogen-bond acceptors (Lipinski definition) is 4. The Hall–Kier alpha value is -0.970. The number of unbranched alkanes of at least 4 members (excludes halogenated alkanes) is 7. The van der Waals surface area contributed by atoms with E-state index >= 15 is 0 Å². The van der Waals surface area contributed by atoms with Crippen LogP contribution in [0, 0.1) is 0 Å². The van der Waals surface area contributed by atoms with Crippen molar-refractivity contribution in [1.29, 1.82) is 0 Å². The van der Waals surface area contributed by atoms with E-state index < -0.39 is 0 Å². The lowest BCUT2D eigenvalue weighted by Crippen LogP contribution is -2.05. The van der Waals surface area contributed by atoms with Gasteiger partial charge in [-0.05, 0) is 31.4 Å². The molecule has 0 spiro atoms. The fraction of sp³-hybridized carbons (Fsp3) is 0.636. The predicted molar refractivity (Wildman–Crippen MR) is 119 cm³/mol. The van der Waals surface area contributed by atoms with Crippen LogP contribution < -0.4 is 0 Å². The molecule has 0 saturated heterocycles. The van der Waals surface area contributed by atoms with Crippen molar-refractivity contribution in [3.8, 4) is 0 Å². The normalized spacial score (nSPS) is 10.8. The number of carbonyl (C=O) groups excluding carboxylic acids is 2. The van der Waals surface area contributed by atoms with Gasteiger partial charge in [-0.25, -0.2) is 0 Å². The molecule has 0 unspecified atom stereocenters. The summed E-state index contributed by atoms with van der Waals surface area (Å²) in [5, 5.41) is 1.22. The molecule has 0 radical (unpaired) electrons. The summed E-state index contributed by atoms with van der Waals surface area (Å²) in [6, 6.07) is 3.15. The average molecular weight is 466 g/mol. The monoisotopic (exact) mass is 464 g/mol. The quantitative estimate of drug-likeness (QED) is 0.198. The second-order valence-electron chi connectivity index (χ2n) is 7.06. The van der Waals surface area contributed by atoms with Gasteiger partial charge >= 0.3 is 11.9 Å². The van der Waals surface area contributed by atoms with Gasteiger partial charge in [0.15, 0.2) is 0 Å². The van der Waals surface area contributed by atoms with Gasteiger partial charge in [0.05, 0.1) is 16.7 Å². The summed E-state index contributed by atoms with van der Waals surface area (Å²) in [4.78, 5) is 23.4. The predicted octanol–water partition coefficient (Wildman–Crippen LogP) is 7.54. The van der Waals surface area contributed by atoms with E-state index in [4.69, 9.17) is 44.3 Å². The molecule has 0 atom stereocenters. The first-order chi connectivity index (χ1) is 13.9. The molecule has 0 aliphatic rings. The molecule has 0 bridgehead atoms. The van der Waals surface area contributed by atoms with Crippen molar-refractivity contribution in [2.24, 2.45) is 0 Å². The molecule has 29 heavy (non-hydrogen) atoms. The maximum absolute atomic E-state index is 11.9. The minimum Gasteiger partial charge on any atom is -0.466 e. The summed E-state index contributed by atoms with van der Waals surface area (Å²) in [5.41, 5.74) is 0.565. The van der Waals surface area contributed by atoms with E-state index in [1.54, 1.807) is 12.1 Å². The van der Waals surface area contributed by atoms with Crippen molar-refractivity contribution < 1.29 is 19.1 Å². The Balaban J connectivity index is 2.01. The first-order valence-corrected chi connectivity index (χ1v) is 11.5. The van der Waals surface area contributed by atoms with Crippen LogP contribution in [0.4, 0.5) is 0 Å². The number of halogens is 3. The Morgan fingerprint density at radius 1 is 0.759 bits per heavy atom. The van der Waals surface area contributed by atoms with Gasteiger partial charge in [-0.3, -0.25) is 9.59 Å². The SMILES string of the molecule is CCCCCOC(=O)CCCCCCCCC(=O)OCc1c(Cl)cc(Cl)cc1Cl. The minimum atomic E-state index is -0.266. The van der Waals surface area contributed by atoms with Gasteiger partial charge in [0, 0.05) is 23.4 Å². The number of esters is 2. The van der Waals surface area contributed by atoms with E-state index in [2.05, 4.69) is 6.92 Å². The molecule has 0 heterocycles. The van der Waals surface area contributed by atoms with E-state index in [0.29, 0.717) is 40.1 Å². The first-order valence-electron chi connectivity index (χ1n) is 10.4. The lowest BCUT2D eigenvalue weighted by molar-refractivity contribution is -0.145. The Kier molecular flexibility index (Phi) is 14.2. The maximum atomic E-state index is 11.9. The highest BCUT2D eigenvalue weighted by molar-refractivity contribution is 6.39. The van der Waals surface area contributed by atoms with Crippen LogP contribution in [0.5, 0.6) is 0 Å².